The smallest absolute Gasteiger partial charge is 0.276 e. The minimum Gasteiger partial charge on any atom is -0.361 e. The fourth-order valence-corrected chi connectivity index (χ4v) is 3.05. The summed E-state index contributed by atoms with van der Waals surface area (Å²) in [5, 5.41) is 3.81. The molecule has 0 saturated carbocycles. The number of carbonyl (C=O) groups excluding carboxylic acids is 1. The predicted molar refractivity (Wildman–Crippen MR) is 80.5 cm³/mol. The first-order chi connectivity index (χ1) is 10.7. The number of nitrogens with zero attached hydrogens (tertiary/aromatic N) is 4. The zero-order valence-electron chi connectivity index (χ0n) is 12.3. The van der Waals surface area contributed by atoms with Crippen LogP contribution in [0.15, 0.2) is 41.2 Å². The fourth-order valence-electron chi connectivity index (χ4n) is 3.05. The maximum atomic E-state index is 12.4. The normalized spacial score (nSPS) is 18.2. The Morgan fingerprint density at radius 1 is 1.36 bits per heavy atom. The van der Waals surface area contributed by atoms with Crippen LogP contribution < -0.4 is 0 Å². The molecule has 0 aliphatic carbocycles. The van der Waals surface area contributed by atoms with Gasteiger partial charge in [0.2, 0.25) is 0 Å². The van der Waals surface area contributed by atoms with Crippen LogP contribution in [-0.4, -0.2) is 38.6 Å². The van der Waals surface area contributed by atoms with Crippen LogP contribution in [0.25, 0.3) is 11.0 Å². The number of rotatable bonds is 2. The summed E-state index contributed by atoms with van der Waals surface area (Å²) in [6.07, 6.45) is 2.78. The van der Waals surface area contributed by atoms with Crippen LogP contribution in [0, 0.1) is 6.92 Å². The third kappa shape index (κ3) is 2.07. The van der Waals surface area contributed by atoms with Crippen LogP contribution in [0.2, 0.25) is 0 Å². The zero-order chi connectivity index (χ0) is 15.1. The molecule has 1 atom stereocenters. The maximum Gasteiger partial charge on any atom is 0.276 e. The molecule has 0 unspecified atom stereocenters. The maximum absolute atomic E-state index is 12.4. The summed E-state index contributed by atoms with van der Waals surface area (Å²) >= 11 is 0. The first kappa shape index (κ1) is 13.1. The van der Waals surface area contributed by atoms with E-state index in [0.717, 1.165) is 24.0 Å². The number of aryl methyl sites for hydroxylation is 1. The van der Waals surface area contributed by atoms with Gasteiger partial charge in [-0.15, -0.1) is 0 Å². The molecular formula is C16H16N4O2. The summed E-state index contributed by atoms with van der Waals surface area (Å²) in [7, 11) is 0. The number of hydrogen-bond donors (Lipinski definition) is 0. The summed E-state index contributed by atoms with van der Waals surface area (Å²) < 4.78 is 7.15. The summed E-state index contributed by atoms with van der Waals surface area (Å²) in [5.41, 5.74) is 2.48. The molecule has 0 N–H and O–H groups in total. The average molecular weight is 296 g/mol. The van der Waals surface area contributed by atoms with Gasteiger partial charge in [-0.05, 0) is 25.5 Å². The van der Waals surface area contributed by atoms with Gasteiger partial charge in [0.05, 0.1) is 23.4 Å². The summed E-state index contributed by atoms with van der Waals surface area (Å²) in [6, 6.07) is 10.00. The second-order valence-electron chi connectivity index (χ2n) is 5.66. The molecule has 3 aromatic rings. The van der Waals surface area contributed by atoms with Crippen molar-refractivity contribution in [2.75, 3.05) is 13.1 Å². The Labute approximate surface area is 127 Å². The minimum absolute atomic E-state index is 0.0660. The summed E-state index contributed by atoms with van der Waals surface area (Å²) in [4.78, 5) is 18.7. The van der Waals surface area contributed by atoms with Crippen molar-refractivity contribution in [3.8, 4) is 0 Å². The lowest BCUT2D eigenvalue weighted by Crippen LogP contribution is -2.29. The Balaban J connectivity index is 1.56. The molecule has 1 aromatic carbocycles. The van der Waals surface area contributed by atoms with Crippen LogP contribution in [0.3, 0.4) is 0 Å². The SMILES string of the molecule is Cc1cc(C(=O)N2CC[C@H](n3cnc4ccccc43)C2)no1. The van der Waals surface area contributed by atoms with Gasteiger partial charge in [-0.2, -0.15) is 0 Å². The molecule has 2 aromatic heterocycles. The number of para-hydroxylation sites is 2. The van der Waals surface area contributed by atoms with Crippen LogP contribution in [-0.2, 0) is 0 Å². The molecule has 0 spiro atoms. The van der Waals surface area contributed by atoms with E-state index in [1.54, 1.807) is 13.0 Å². The number of aromatic nitrogens is 3. The third-order valence-corrected chi connectivity index (χ3v) is 4.17. The summed E-state index contributed by atoms with van der Waals surface area (Å²) in [5.74, 6) is 0.587. The number of benzene rings is 1. The van der Waals surface area contributed by atoms with Crippen LogP contribution in [0.5, 0.6) is 0 Å². The molecule has 1 aliphatic heterocycles. The van der Waals surface area contributed by atoms with E-state index >= 15 is 0 Å². The van der Waals surface area contributed by atoms with Gasteiger partial charge in [-0.25, -0.2) is 4.98 Å². The highest BCUT2D eigenvalue weighted by Gasteiger charge is 2.30. The van der Waals surface area contributed by atoms with Crippen molar-refractivity contribution in [3.63, 3.8) is 0 Å². The first-order valence-corrected chi connectivity index (χ1v) is 7.36. The van der Waals surface area contributed by atoms with Gasteiger partial charge in [0.25, 0.3) is 5.91 Å². The Morgan fingerprint density at radius 2 is 2.23 bits per heavy atom. The number of hydrogen-bond acceptors (Lipinski definition) is 4. The standard InChI is InChI=1S/C16H16N4O2/c1-11-8-14(18-22-11)16(21)19-7-6-12(9-19)20-10-17-13-4-2-3-5-15(13)20/h2-5,8,10,12H,6-7,9H2,1H3/t12-/m0/s1. The van der Waals surface area contributed by atoms with Crippen molar-refractivity contribution in [1.29, 1.82) is 0 Å². The molecule has 1 fully saturated rings. The largest absolute Gasteiger partial charge is 0.361 e. The van der Waals surface area contributed by atoms with E-state index in [-0.39, 0.29) is 11.9 Å². The number of amides is 1. The van der Waals surface area contributed by atoms with Gasteiger partial charge >= 0.3 is 0 Å². The predicted octanol–water partition coefficient (Wildman–Crippen LogP) is 2.42. The van der Waals surface area contributed by atoms with Gasteiger partial charge in [-0.3, -0.25) is 4.79 Å². The highest BCUT2D eigenvalue weighted by Crippen LogP contribution is 2.26. The first-order valence-electron chi connectivity index (χ1n) is 7.36. The highest BCUT2D eigenvalue weighted by molar-refractivity contribution is 5.92. The van der Waals surface area contributed by atoms with Crippen LogP contribution >= 0.6 is 0 Å². The minimum atomic E-state index is -0.0660. The van der Waals surface area contributed by atoms with E-state index in [9.17, 15) is 4.79 Å². The molecule has 1 saturated heterocycles. The third-order valence-electron chi connectivity index (χ3n) is 4.17. The molecule has 4 rings (SSSR count). The number of imidazole rings is 1. The van der Waals surface area contributed by atoms with Crippen molar-refractivity contribution in [3.05, 3.63) is 48.1 Å². The highest BCUT2D eigenvalue weighted by atomic mass is 16.5. The van der Waals surface area contributed by atoms with Crippen LogP contribution in [0.4, 0.5) is 0 Å². The number of fused-ring (bicyclic) bond motifs is 1. The Kier molecular flexibility index (Phi) is 2.96. The van der Waals surface area contributed by atoms with Crippen molar-refractivity contribution >= 4 is 16.9 Å². The quantitative estimate of drug-likeness (QED) is 0.728. The Bertz CT molecular complexity index is 835. The molecule has 1 amide bonds. The van der Waals surface area contributed by atoms with E-state index in [0.29, 0.717) is 18.0 Å². The molecule has 6 heteroatoms. The lowest BCUT2D eigenvalue weighted by molar-refractivity contribution is 0.0777. The topological polar surface area (TPSA) is 64.2 Å². The molecule has 6 nitrogen and oxygen atoms in total. The Morgan fingerprint density at radius 3 is 3.05 bits per heavy atom. The van der Waals surface area contributed by atoms with Crippen LogP contribution in [0.1, 0.15) is 28.7 Å². The van der Waals surface area contributed by atoms with Crippen molar-refractivity contribution < 1.29 is 9.32 Å². The zero-order valence-corrected chi connectivity index (χ0v) is 12.3. The van der Waals surface area contributed by atoms with Crippen molar-refractivity contribution in [1.82, 2.24) is 19.6 Å². The molecule has 1 aliphatic rings. The van der Waals surface area contributed by atoms with E-state index < -0.39 is 0 Å². The molecule has 112 valence electrons. The van der Waals surface area contributed by atoms with Gasteiger partial charge in [0, 0.05) is 19.2 Å². The van der Waals surface area contributed by atoms with E-state index in [2.05, 4.69) is 20.8 Å². The summed E-state index contributed by atoms with van der Waals surface area (Å²) in [6.45, 7) is 3.18. The lowest BCUT2D eigenvalue weighted by Gasteiger charge is -2.16. The van der Waals surface area contributed by atoms with Gasteiger partial charge in [0.15, 0.2) is 5.69 Å². The van der Waals surface area contributed by atoms with Gasteiger partial charge < -0.3 is 14.0 Å². The van der Waals surface area contributed by atoms with E-state index in [4.69, 9.17) is 4.52 Å². The lowest BCUT2D eigenvalue weighted by atomic mass is 10.2. The van der Waals surface area contributed by atoms with E-state index in [1.807, 2.05) is 29.4 Å². The van der Waals surface area contributed by atoms with Crippen molar-refractivity contribution in [2.24, 2.45) is 0 Å². The molecular weight excluding hydrogens is 280 g/mol. The number of carbonyl (C=O) groups is 1. The molecule has 22 heavy (non-hydrogen) atoms. The van der Waals surface area contributed by atoms with Gasteiger partial charge in [0.1, 0.15) is 5.76 Å². The van der Waals surface area contributed by atoms with Crippen molar-refractivity contribution in [2.45, 2.75) is 19.4 Å². The Hall–Kier alpha value is -2.63. The number of likely N-dealkylation sites (tertiary alicyclic amines) is 1. The second-order valence-corrected chi connectivity index (χ2v) is 5.66. The molecule has 0 radical (unpaired) electrons. The fraction of sp³-hybridized carbons (Fsp3) is 0.312. The molecule has 0 bridgehead atoms. The van der Waals surface area contributed by atoms with Gasteiger partial charge in [-0.1, -0.05) is 17.3 Å². The van der Waals surface area contributed by atoms with E-state index in [1.165, 1.54) is 0 Å². The average Bonchev–Trinajstić information content (AvgIpc) is 3.24. The second kappa shape index (κ2) is 4.98. The molecule has 3 heterocycles. The monoisotopic (exact) mass is 296 g/mol.